The molecule has 2 aliphatic rings. The van der Waals surface area contributed by atoms with E-state index in [1.54, 1.807) is 4.90 Å². The minimum absolute atomic E-state index is 0.168. The van der Waals surface area contributed by atoms with E-state index in [0.29, 0.717) is 25.9 Å². The minimum atomic E-state index is -0.839. The van der Waals surface area contributed by atoms with Crippen molar-refractivity contribution in [1.29, 1.82) is 0 Å². The van der Waals surface area contributed by atoms with E-state index in [1.165, 1.54) is 0 Å². The summed E-state index contributed by atoms with van der Waals surface area (Å²) in [6, 6.07) is -0.226. The maximum absolute atomic E-state index is 12.4. The standard InChI is InChI=1S/C14H24N4O3/c1-4-14(5-2)12(20)18(13(21)16-14)9-11(19)17-7-6-15-10(3)8-17/h10,15H,4-9H2,1-3H3,(H,16,21)/t10-/m1/s1. The molecular formula is C14H24N4O3. The first-order valence-corrected chi connectivity index (χ1v) is 7.58. The van der Waals surface area contributed by atoms with Crippen LogP contribution in [0.25, 0.3) is 0 Å². The number of hydrogen-bond acceptors (Lipinski definition) is 4. The largest absolute Gasteiger partial charge is 0.338 e. The highest BCUT2D eigenvalue weighted by molar-refractivity contribution is 6.08. The molecule has 0 aromatic heterocycles. The number of hydrogen-bond donors (Lipinski definition) is 2. The lowest BCUT2D eigenvalue weighted by atomic mass is 9.93. The molecule has 0 bridgehead atoms. The van der Waals surface area contributed by atoms with E-state index in [-0.39, 0.29) is 24.4 Å². The van der Waals surface area contributed by atoms with Gasteiger partial charge in [0.05, 0.1) is 0 Å². The van der Waals surface area contributed by atoms with Crippen LogP contribution in [-0.4, -0.2) is 65.4 Å². The first-order chi connectivity index (χ1) is 9.93. The lowest BCUT2D eigenvalue weighted by Gasteiger charge is -2.32. The van der Waals surface area contributed by atoms with Gasteiger partial charge in [0.25, 0.3) is 5.91 Å². The molecule has 0 unspecified atom stereocenters. The van der Waals surface area contributed by atoms with Crippen LogP contribution in [0, 0.1) is 0 Å². The van der Waals surface area contributed by atoms with Gasteiger partial charge < -0.3 is 15.5 Å². The first-order valence-electron chi connectivity index (χ1n) is 7.58. The first kappa shape index (κ1) is 15.8. The number of amides is 4. The van der Waals surface area contributed by atoms with Crippen molar-refractivity contribution in [3.05, 3.63) is 0 Å². The van der Waals surface area contributed by atoms with Crippen LogP contribution < -0.4 is 10.6 Å². The number of carbonyl (C=O) groups is 3. The Morgan fingerprint density at radius 3 is 2.52 bits per heavy atom. The Morgan fingerprint density at radius 2 is 2.00 bits per heavy atom. The van der Waals surface area contributed by atoms with Gasteiger partial charge in [0.1, 0.15) is 12.1 Å². The number of piperazine rings is 1. The van der Waals surface area contributed by atoms with Crippen LogP contribution in [0.4, 0.5) is 4.79 Å². The van der Waals surface area contributed by atoms with Crippen LogP contribution in [0.3, 0.4) is 0 Å². The van der Waals surface area contributed by atoms with Gasteiger partial charge in [-0.05, 0) is 19.8 Å². The summed E-state index contributed by atoms with van der Waals surface area (Å²) in [7, 11) is 0. The maximum atomic E-state index is 12.4. The van der Waals surface area contributed by atoms with Crippen molar-refractivity contribution >= 4 is 17.8 Å². The van der Waals surface area contributed by atoms with E-state index in [4.69, 9.17) is 0 Å². The Morgan fingerprint density at radius 1 is 1.33 bits per heavy atom. The summed E-state index contributed by atoms with van der Waals surface area (Å²) in [5.74, 6) is -0.455. The van der Waals surface area contributed by atoms with E-state index in [2.05, 4.69) is 10.6 Å². The molecule has 0 radical (unpaired) electrons. The fourth-order valence-electron chi connectivity index (χ4n) is 2.94. The van der Waals surface area contributed by atoms with Gasteiger partial charge in [0.15, 0.2) is 0 Å². The lowest BCUT2D eigenvalue weighted by Crippen LogP contribution is -2.54. The van der Waals surface area contributed by atoms with Gasteiger partial charge in [-0.3, -0.25) is 14.5 Å². The van der Waals surface area contributed by atoms with Crippen molar-refractivity contribution in [2.75, 3.05) is 26.2 Å². The summed E-state index contributed by atoms with van der Waals surface area (Å²) in [6.07, 6.45) is 1.06. The molecule has 2 fully saturated rings. The average Bonchev–Trinajstić information content (AvgIpc) is 2.72. The van der Waals surface area contributed by atoms with E-state index in [1.807, 2.05) is 20.8 Å². The molecule has 4 amide bonds. The second-order valence-electron chi connectivity index (χ2n) is 5.81. The molecule has 0 saturated carbocycles. The molecule has 2 rings (SSSR count). The Balaban J connectivity index is 2.04. The summed E-state index contributed by atoms with van der Waals surface area (Å²) in [5.41, 5.74) is -0.839. The molecule has 1 atom stereocenters. The third kappa shape index (κ3) is 2.88. The molecular weight excluding hydrogens is 272 g/mol. The monoisotopic (exact) mass is 296 g/mol. The predicted octanol–water partition coefficient (Wildman–Crippen LogP) is -0.0827. The van der Waals surface area contributed by atoms with E-state index < -0.39 is 11.6 Å². The van der Waals surface area contributed by atoms with Gasteiger partial charge in [-0.2, -0.15) is 0 Å². The quantitative estimate of drug-likeness (QED) is 0.711. The number of urea groups is 1. The molecule has 7 heteroatoms. The topological polar surface area (TPSA) is 81.8 Å². The van der Waals surface area contributed by atoms with Gasteiger partial charge in [-0.1, -0.05) is 13.8 Å². The number of imide groups is 1. The van der Waals surface area contributed by atoms with Crippen molar-refractivity contribution in [3.8, 4) is 0 Å². The Kier molecular flexibility index (Phi) is 4.51. The fraction of sp³-hybridized carbons (Fsp3) is 0.786. The summed E-state index contributed by atoms with van der Waals surface area (Å²) in [6.45, 7) is 7.52. The highest BCUT2D eigenvalue weighted by atomic mass is 16.2. The minimum Gasteiger partial charge on any atom is -0.338 e. The maximum Gasteiger partial charge on any atom is 0.325 e. The number of nitrogens with one attached hydrogen (secondary N) is 2. The van der Waals surface area contributed by atoms with Gasteiger partial charge in [0, 0.05) is 25.7 Å². The second kappa shape index (κ2) is 6.01. The molecule has 2 N–H and O–H groups in total. The van der Waals surface area contributed by atoms with Crippen LogP contribution in [0.1, 0.15) is 33.6 Å². The molecule has 2 aliphatic heterocycles. The van der Waals surface area contributed by atoms with Crippen LogP contribution >= 0.6 is 0 Å². The van der Waals surface area contributed by atoms with Crippen LogP contribution in [0.15, 0.2) is 0 Å². The van der Waals surface area contributed by atoms with Gasteiger partial charge >= 0.3 is 6.03 Å². The zero-order chi connectivity index (χ0) is 15.6. The summed E-state index contributed by atoms with van der Waals surface area (Å²) in [5, 5.41) is 5.99. The molecule has 2 saturated heterocycles. The van der Waals surface area contributed by atoms with Crippen molar-refractivity contribution in [1.82, 2.24) is 20.4 Å². The van der Waals surface area contributed by atoms with Crippen molar-refractivity contribution in [2.24, 2.45) is 0 Å². The van der Waals surface area contributed by atoms with Crippen molar-refractivity contribution < 1.29 is 14.4 Å². The van der Waals surface area contributed by atoms with E-state index >= 15 is 0 Å². The third-order valence-electron chi connectivity index (χ3n) is 4.47. The summed E-state index contributed by atoms with van der Waals surface area (Å²) < 4.78 is 0. The Labute approximate surface area is 125 Å². The average molecular weight is 296 g/mol. The van der Waals surface area contributed by atoms with Crippen molar-refractivity contribution in [2.45, 2.75) is 45.2 Å². The summed E-state index contributed by atoms with van der Waals surface area (Å²) >= 11 is 0. The molecule has 0 aliphatic carbocycles. The zero-order valence-electron chi connectivity index (χ0n) is 12.9. The Bertz CT molecular complexity index is 448. The number of nitrogens with zero attached hydrogens (tertiary/aromatic N) is 2. The number of carbonyl (C=O) groups excluding carboxylic acids is 3. The normalized spacial score (nSPS) is 25.2. The SMILES string of the molecule is CCC1(CC)NC(=O)N(CC(=O)N2CCN[C@H](C)C2)C1=O. The van der Waals surface area contributed by atoms with Crippen LogP contribution in [0.2, 0.25) is 0 Å². The second-order valence-corrected chi connectivity index (χ2v) is 5.81. The van der Waals surface area contributed by atoms with E-state index in [0.717, 1.165) is 11.4 Å². The highest BCUT2D eigenvalue weighted by Crippen LogP contribution is 2.24. The van der Waals surface area contributed by atoms with E-state index in [9.17, 15) is 14.4 Å². The molecule has 0 aromatic rings. The smallest absolute Gasteiger partial charge is 0.325 e. The van der Waals surface area contributed by atoms with Gasteiger partial charge in [0.2, 0.25) is 5.91 Å². The highest BCUT2D eigenvalue weighted by Gasteiger charge is 2.49. The third-order valence-corrected chi connectivity index (χ3v) is 4.47. The lowest BCUT2D eigenvalue weighted by molar-refractivity contribution is -0.139. The van der Waals surface area contributed by atoms with Crippen molar-refractivity contribution in [3.63, 3.8) is 0 Å². The van der Waals surface area contributed by atoms with Gasteiger partial charge in [-0.25, -0.2) is 4.79 Å². The van der Waals surface area contributed by atoms with Crippen LogP contribution in [0.5, 0.6) is 0 Å². The van der Waals surface area contributed by atoms with Gasteiger partial charge in [-0.15, -0.1) is 0 Å². The fourth-order valence-corrected chi connectivity index (χ4v) is 2.94. The zero-order valence-corrected chi connectivity index (χ0v) is 12.9. The molecule has 0 aromatic carbocycles. The number of rotatable bonds is 4. The molecule has 21 heavy (non-hydrogen) atoms. The summed E-state index contributed by atoms with van der Waals surface area (Å²) in [4.78, 5) is 39.5. The van der Waals surface area contributed by atoms with Crippen LogP contribution in [-0.2, 0) is 9.59 Å². The molecule has 0 spiro atoms. The Hall–Kier alpha value is -1.63. The predicted molar refractivity (Wildman–Crippen MR) is 77.6 cm³/mol. The molecule has 118 valence electrons. The molecule has 7 nitrogen and oxygen atoms in total. The molecule has 2 heterocycles.